The molecule has 3 rings (SSSR count). The number of amides is 2. The van der Waals surface area contributed by atoms with Gasteiger partial charge in [0.05, 0.1) is 16.2 Å². The number of ether oxygens (including phenoxy) is 2. The number of hydrogen-bond acceptors (Lipinski definition) is 6. The van der Waals surface area contributed by atoms with Crippen LogP contribution in [0.25, 0.3) is 0 Å². The molecule has 3 unspecified atom stereocenters. The smallest absolute Gasteiger partial charge is 0.249 e. The summed E-state index contributed by atoms with van der Waals surface area (Å²) in [5.41, 5.74) is 0.558. The quantitative estimate of drug-likeness (QED) is 0.337. The van der Waals surface area contributed by atoms with Crippen molar-refractivity contribution in [2.24, 2.45) is 0 Å². The maximum Gasteiger partial charge on any atom is 0.249 e. The first-order valence-electron chi connectivity index (χ1n) is 11.6. The van der Waals surface area contributed by atoms with Gasteiger partial charge in [0.2, 0.25) is 11.8 Å². The van der Waals surface area contributed by atoms with Gasteiger partial charge in [0.25, 0.3) is 0 Å². The van der Waals surface area contributed by atoms with Crippen molar-refractivity contribution in [3.8, 4) is 5.75 Å². The van der Waals surface area contributed by atoms with Crippen molar-refractivity contribution in [2.45, 2.75) is 38.1 Å². The predicted molar refractivity (Wildman–Crippen MR) is 140 cm³/mol. The lowest BCUT2D eigenvalue weighted by atomic mass is 9.87. The molecule has 8 nitrogen and oxygen atoms in total. The highest BCUT2D eigenvalue weighted by Gasteiger charge is 2.40. The second kappa shape index (κ2) is 13.7. The van der Waals surface area contributed by atoms with Crippen LogP contribution in [-0.4, -0.2) is 71.5 Å². The van der Waals surface area contributed by atoms with Gasteiger partial charge < -0.3 is 29.9 Å². The first-order valence-corrected chi connectivity index (χ1v) is 12.7. The summed E-state index contributed by atoms with van der Waals surface area (Å²) in [6.07, 6.45) is -0.632. The van der Waals surface area contributed by atoms with E-state index in [1.165, 1.54) is 17.0 Å². The van der Waals surface area contributed by atoms with Crippen molar-refractivity contribution < 1.29 is 33.7 Å². The molecule has 3 atom stereocenters. The number of carbonyl (C=O) groups is 2. The van der Waals surface area contributed by atoms with E-state index in [-0.39, 0.29) is 43.9 Å². The average molecular weight is 612 g/mol. The predicted octanol–water partition coefficient (Wildman–Crippen LogP) is 2.41. The van der Waals surface area contributed by atoms with Crippen molar-refractivity contribution in [1.29, 1.82) is 0 Å². The molecule has 2 amide bonds. The van der Waals surface area contributed by atoms with E-state index in [0.717, 1.165) is 3.57 Å². The number of carbonyl (C=O) groups excluding carboxylic acids is 2. The van der Waals surface area contributed by atoms with Gasteiger partial charge in [-0.25, -0.2) is 4.39 Å². The van der Waals surface area contributed by atoms with Gasteiger partial charge in [-0.1, -0.05) is 30.3 Å². The number of rotatable bonds is 11. The highest BCUT2D eigenvalue weighted by molar-refractivity contribution is 14.1. The zero-order valence-corrected chi connectivity index (χ0v) is 22.1. The van der Waals surface area contributed by atoms with Crippen LogP contribution in [0.2, 0.25) is 0 Å². The summed E-state index contributed by atoms with van der Waals surface area (Å²) < 4.78 is 26.7. The maximum absolute atomic E-state index is 14.5. The van der Waals surface area contributed by atoms with Crippen LogP contribution in [0.4, 0.5) is 4.39 Å². The molecule has 0 heterocycles. The van der Waals surface area contributed by atoms with E-state index < -0.39 is 35.9 Å². The van der Waals surface area contributed by atoms with Crippen molar-refractivity contribution in [2.75, 3.05) is 26.4 Å². The van der Waals surface area contributed by atoms with Gasteiger partial charge in [0.1, 0.15) is 30.4 Å². The van der Waals surface area contributed by atoms with Gasteiger partial charge in [0, 0.05) is 37.3 Å². The van der Waals surface area contributed by atoms with E-state index in [2.05, 4.69) is 27.9 Å². The van der Waals surface area contributed by atoms with Gasteiger partial charge in [-0.3, -0.25) is 9.59 Å². The van der Waals surface area contributed by atoms with Crippen LogP contribution in [0.5, 0.6) is 5.75 Å². The molecule has 36 heavy (non-hydrogen) atoms. The summed E-state index contributed by atoms with van der Waals surface area (Å²) in [7, 11) is 0. The highest BCUT2D eigenvalue weighted by atomic mass is 127. The Balaban J connectivity index is 1.98. The summed E-state index contributed by atoms with van der Waals surface area (Å²) in [5, 5.41) is 23.1. The Labute approximate surface area is 223 Å². The molecule has 1 aliphatic rings. The normalized spacial score (nSPS) is 19.4. The van der Waals surface area contributed by atoms with Crippen molar-refractivity contribution in [1.82, 2.24) is 10.2 Å². The molecular weight excluding hydrogens is 582 g/mol. The number of aliphatic hydroxyl groups is 2. The van der Waals surface area contributed by atoms with Gasteiger partial charge in [-0.2, -0.15) is 0 Å². The molecule has 1 aliphatic carbocycles. The van der Waals surface area contributed by atoms with Crippen molar-refractivity contribution in [3.05, 3.63) is 75.1 Å². The number of benzene rings is 2. The van der Waals surface area contributed by atoms with E-state index in [9.17, 15) is 19.1 Å². The van der Waals surface area contributed by atoms with E-state index in [0.29, 0.717) is 12.4 Å². The molecule has 2 aromatic carbocycles. The topological polar surface area (TPSA) is 108 Å². The maximum atomic E-state index is 14.5. The molecule has 0 spiro atoms. The van der Waals surface area contributed by atoms with Crippen LogP contribution in [0.3, 0.4) is 0 Å². The Morgan fingerprint density at radius 3 is 2.61 bits per heavy atom. The third-order valence-electron chi connectivity index (χ3n) is 5.76. The van der Waals surface area contributed by atoms with E-state index in [1.807, 2.05) is 12.1 Å². The standard InChI is InChI=1S/C26H30FIN2O6/c1-2-35-16-24(32)30(15-17-7-3-4-8-19(17)27)21-13-18(26(34)29-11-12-31)14-23(25(21)33)36-22-10-6-5-9-20(22)28/h3-10,14,21,23,25,31,33H,2,11-13,15-16H2,1H3,(H,29,34). The number of nitrogens with zero attached hydrogens (tertiary/aromatic N) is 1. The summed E-state index contributed by atoms with van der Waals surface area (Å²) in [4.78, 5) is 27.4. The molecule has 3 N–H and O–H groups in total. The minimum absolute atomic E-state index is 0.0104. The summed E-state index contributed by atoms with van der Waals surface area (Å²) in [5.74, 6) is -0.870. The minimum atomic E-state index is -1.22. The molecule has 2 aromatic rings. The van der Waals surface area contributed by atoms with E-state index in [4.69, 9.17) is 14.6 Å². The second-order valence-corrected chi connectivity index (χ2v) is 9.36. The number of hydrogen-bond donors (Lipinski definition) is 3. The summed E-state index contributed by atoms with van der Waals surface area (Å²) in [6.45, 7) is 1.49. The monoisotopic (exact) mass is 612 g/mol. The van der Waals surface area contributed by atoms with Gasteiger partial charge in [-0.15, -0.1) is 0 Å². The second-order valence-electron chi connectivity index (χ2n) is 8.20. The van der Waals surface area contributed by atoms with E-state index in [1.54, 1.807) is 37.3 Å². The molecule has 0 aliphatic heterocycles. The first-order chi connectivity index (χ1) is 17.3. The lowest BCUT2D eigenvalue weighted by molar-refractivity contribution is -0.144. The van der Waals surface area contributed by atoms with Crippen molar-refractivity contribution in [3.63, 3.8) is 0 Å². The molecule has 0 saturated carbocycles. The molecular formula is C26H30FIN2O6. The molecule has 0 saturated heterocycles. The molecule has 0 radical (unpaired) electrons. The Morgan fingerprint density at radius 1 is 1.19 bits per heavy atom. The van der Waals surface area contributed by atoms with E-state index >= 15 is 0 Å². The molecule has 0 fully saturated rings. The van der Waals surface area contributed by atoms with Crippen LogP contribution in [-0.2, 0) is 20.9 Å². The molecule has 10 heteroatoms. The van der Waals surface area contributed by atoms with Crippen molar-refractivity contribution >= 4 is 34.4 Å². The lowest BCUT2D eigenvalue weighted by Gasteiger charge is -2.40. The van der Waals surface area contributed by atoms with Gasteiger partial charge in [0.15, 0.2) is 0 Å². The van der Waals surface area contributed by atoms with Crippen LogP contribution < -0.4 is 10.1 Å². The Morgan fingerprint density at radius 2 is 1.92 bits per heavy atom. The van der Waals surface area contributed by atoms with Gasteiger partial charge in [-0.05, 0) is 53.8 Å². The minimum Gasteiger partial charge on any atom is -0.482 e. The zero-order chi connectivity index (χ0) is 26.1. The van der Waals surface area contributed by atoms with Crippen LogP contribution in [0.15, 0.2) is 60.2 Å². The Hall–Kier alpha value is -2.54. The fourth-order valence-corrected chi connectivity index (χ4v) is 4.45. The Kier molecular flexibility index (Phi) is 10.7. The SMILES string of the molecule is CCOCC(=O)N(Cc1ccccc1F)C1CC(C(=O)NCCO)=CC(Oc2ccccc2I)C1O. The number of para-hydroxylation sites is 1. The fraction of sp³-hybridized carbons (Fsp3) is 0.385. The summed E-state index contributed by atoms with van der Waals surface area (Å²) >= 11 is 2.11. The molecule has 0 bridgehead atoms. The van der Waals surface area contributed by atoms with Crippen LogP contribution in [0, 0.1) is 9.39 Å². The number of halogens is 2. The fourth-order valence-electron chi connectivity index (χ4n) is 3.94. The largest absolute Gasteiger partial charge is 0.482 e. The van der Waals surface area contributed by atoms with Gasteiger partial charge >= 0.3 is 0 Å². The third-order valence-corrected chi connectivity index (χ3v) is 6.65. The highest BCUT2D eigenvalue weighted by Crippen LogP contribution is 2.30. The van der Waals surface area contributed by atoms with Crippen LogP contribution >= 0.6 is 22.6 Å². The first kappa shape index (κ1) is 28.0. The average Bonchev–Trinajstić information content (AvgIpc) is 2.88. The zero-order valence-electron chi connectivity index (χ0n) is 19.9. The summed E-state index contributed by atoms with van der Waals surface area (Å²) in [6, 6.07) is 12.4. The Bertz CT molecular complexity index is 1080. The third kappa shape index (κ3) is 7.25. The number of aliphatic hydroxyl groups excluding tert-OH is 2. The molecule has 194 valence electrons. The molecule has 0 aromatic heterocycles. The van der Waals surface area contributed by atoms with Crippen LogP contribution in [0.1, 0.15) is 18.9 Å². The number of nitrogens with one attached hydrogen (secondary N) is 1. The lowest BCUT2D eigenvalue weighted by Crippen LogP contribution is -2.55.